The predicted molar refractivity (Wildman–Crippen MR) is 54.7 cm³/mol. The Morgan fingerprint density at radius 3 is 2.38 bits per heavy atom. The summed E-state index contributed by atoms with van der Waals surface area (Å²) in [7, 11) is 0. The normalized spacial score (nSPS) is 14.4. The summed E-state index contributed by atoms with van der Waals surface area (Å²) in [5.41, 5.74) is 4.89. The zero-order chi connectivity index (χ0) is 12.5. The van der Waals surface area contributed by atoms with Crippen molar-refractivity contribution in [1.82, 2.24) is 0 Å². The molecule has 1 aromatic carbocycles. The fraction of sp³-hybridized carbons (Fsp3) is 0.300. The van der Waals surface area contributed by atoms with E-state index in [1.807, 2.05) is 0 Å². The van der Waals surface area contributed by atoms with Gasteiger partial charge in [0.15, 0.2) is 6.10 Å². The average molecular weight is 227 g/mol. The van der Waals surface area contributed by atoms with Crippen LogP contribution in [0.1, 0.15) is 17.2 Å². The molecule has 1 rings (SSSR count). The van der Waals surface area contributed by atoms with E-state index in [9.17, 15) is 25.2 Å². The Morgan fingerprint density at radius 2 is 1.88 bits per heavy atom. The van der Waals surface area contributed by atoms with Gasteiger partial charge >= 0.3 is 0 Å². The Labute approximate surface area is 91.6 Å². The van der Waals surface area contributed by atoms with Gasteiger partial charge in [0, 0.05) is 11.1 Å². The van der Waals surface area contributed by atoms with Crippen LogP contribution in [0.5, 0.6) is 11.5 Å². The van der Waals surface area contributed by atoms with Crippen molar-refractivity contribution in [1.29, 1.82) is 0 Å². The van der Waals surface area contributed by atoms with Crippen LogP contribution in [0.4, 0.5) is 0 Å². The molecule has 0 saturated heterocycles. The molecule has 0 bridgehead atoms. The van der Waals surface area contributed by atoms with Crippen molar-refractivity contribution in [3.05, 3.63) is 23.3 Å². The van der Waals surface area contributed by atoms with Crippen molar-refractivity contribution >= 4 is 5.91 Å². The van der Waals surface area contributed by atoms with E-state index < -0.39 is 18.1 Å². The summed E-state index contributed by atoms with van der Waals surface area (Å²) in [5, 5.41) is 37.7. The van der Waals surface area contributed by atoms with Crippen molar-refractivity contribution in [2.75, 3.05) is 0 Å². The lowest BCUT2D eigenvalue weighted by atomic mass is 10.00. The molecule has 0 aliphatic carbocycles. The van der Waals surface area contributed by atoms with Crippen LogP contribution in [-0.2, 0) is 4.79 Å². The molecular formula is C10H13NO5. The first-order chi connectivity index (χ1) is 7.36. The van der Waals surface area contributed by atoms with Gasteiger partial charge in [-0.15, -0.1) is 0 Å². The fourth-order valence-electron chi connectivity index (χ4n) is 1.27. The second kappa shape index (κ2) is 4.38. The summed E-state index contributed by atoms with van der Waals surface area (Å²) in [4.78, 5) is 10.7. The van der Waals surface area contributed by atoms with Crippen molar-refractivity contribution in [2.24, 2.45) is 5.73 Å². The Bertz CT molecular complexity index is 418. The van der Waals surface area contributed by atoms with Gasteiger partial charge in [-0.2, -0.15) is 0 Å². The van der Waals surface area contributed by atoms with Gasteiger partial charge in [-0.05, 0) is 19.1 Å². The first-order valence-electron chi connectivity index (χ1n) is 4.53. The molecule has 0 aromatic heterocycles. The van der Waals surface area contributed by atoms with Crippen LogP contribution in [0.15, 0.2) is 12.1 Å². The molecule has 1 amide bonds. The predicted octanol–water partition coefficient (Wildman–Crippen LogP) is -0.714. The molecule has 1 aromatic rings. The van der Waals surface area contributed by atoms with Crippen molar-refractivity contribution in [2.45, 2.75) is 19.1 Å². The van der Waals surface area contributed by atoms with Crippen molar-refractivity contribution in [3.8, 4) is 11.5 Å². The molecule has 0 fully saturated rings. The maximum absolute atomic E-state index is 10.7. The number of phenolic OH excluding ortho intramolecular Hbond substituents is 2. The number of phenols is 2. The molecule has 6 N–H and O–H groups in total. The quantitative estimate of drug-likeness (QED) is 0.466. The molecule has 0 spiro atoms. The van der Waals surface area contributed by atoms with Crippen LogP contribution < -0.4 is 5.73 Å². The van der Waals surface area contributed by atoms with Gasteiger partial charge in [-0.3, -0.25) is 4.79 Å². The Morgan fingerprint density at radius 1 is 1.31 bits per heavy atom. The lowest BCUT2D eigenvalue weighted by Gasteiger charge is -2.17. The monoisotopic (exact) mass is 227 g/mol. The van der Waals surface area contributed by atoms with Crippen LogP contribution >= 0.6 is 0 Å². The van der Waals surface area contributed by atoms with Gasteiger partial charge in [0.05, 0.1) is 0 Å². The third-order valence-corrected chi connectivity index (χ3v) is 2.34. The van der Waals surface area contributed by atoms with E-state index in [1.54, 1.807) is 0 Å². The Kier molecular flexibility index (Phi) is 3.36. The highest BCUT2D eigenvalue weighted by molar-refractivity contribution is 5.79. The van der Waals surface area contributed by atoms with Crippen LogP contribution in [0.2, 0.25) is 0 Å². The van der Waals surface area contributed by atoms with E-state index >= 15 is 0 Å². The smallest absolute Gasteiger partial charge is 0.249 e. The second-order valence-corrected chi connectivity index (χ2v) is 3.44. The Balaban J connectivity index is 3.14. The average Bonchev–Trinajstić information content (AvgIpc) is 2.24. The summed E-state index contributed by atoms with van der Waals surface area (Å²) < 4.78 is 0. The number of carbonyl (C=O) groups excluding carboxylic acids is 1. The minimum atomic E-state index is -1.81. The molecule has 16 heavy (non-hydrogen) atoms. The Hall–Kier alpha value is -1.79. The highest BCUT2D eigenvalue weighted by atomic mass is 16.3. The number of rotatable bonds is 3. The summed E-state index contributed by atoms with van der Waals surface area (Å²) >= 11 is 0. The number of hydrogen-bond acceptors (Lipinski definition) is 5. The number of nitrogens with two attached hydrogens (primary N) is 1. The van der Waals surface area contributed by atoms with Crippen LogP contribution in [0.3, 0.4) is 0 Å². The highest BCUT2D eigenvalue weighted by Crippen LogP contribution is 2.34. The number of benzene rings is 1. The topological polar surface area (TPSA) is 124 Å². The number of hydrogen-bond donors (Lipinski definition) is 5. The van der Waals surface area contributed by atoms with Gasteiger partial charge in [-0.25, -0.2) is 0 Å². The third kappa shape index (κ3) is 2.07. The second-order valence-electron chi connectivity index (χ2n) is 3.44. The van der Waals surface area contributed by atoms with Gasteiger partial charge in [0.25, 0.3) is 0 Å². The molecule has 2 atom stereocenters. The first-order valence-corrected chi connectivity index (χ1v) is 4.53. The SMILES string of the molecule is Cc1c(O)ccc(C(O)C(O)C(N)=O)c1O. The third-order valence-electron chi connectivity index (χ3n) is 2.34. The zero-order valence-electron chi connectivity index (χ0n) is 8.58. The molecule has 0 heterocycles. The van der Waals surface area contributed by atoms with E-state index in [4.69, 9.17) is 5.73 Å². The lowest BCUT2D eigenvalue weighted by molar-refractivity contribution is -0.132. The van der Waals surface area contributed by atoms with E-state index in [0.29, 0.717) is 0 Å². The first kappa shape index (κ1) is 12.3. The van der Waals surface area contributed by atoms with Crippen LogP contribution in [-0.4, -0.2) is 32.4 Å². The van der Waals surface area contributed by atoms with Crippen LogP contribution in [0, 0.1) is 6.92 Å². The number of aliphatic hydroxyl groups is 2. The van der Waals surface area contributed by atoms with Crippen molar-refractivity contribution < 1.29 is 25.2 Å². The molecule has 6 heteroatoms. The van der Waals surface area contributed by atoms with E-state index in [1.165, 1.54) is 19.1 Å². The summed E-state index contributed by atoms with van der Waals surface area (Å²) in [5.74, 6) is -1.63. The minimum absolute atomic E-state index is 0.0680. The molecule has 0 aliphatic heterocycles. The standard InChI is InChI=1S/C10H13NO5/c1-4-6(12)3-2-5(7(4)13)8(14)9(15)10(11)16/h2-3,8-9,12-15H,1H3,(H2,11,16). The zero-order valence-corrected chi connectivity index (χ0v) is 8.58. The van der Waals surface area contributed by atoms with E-state index in [-0.39, 0.29) is 22.6 Å². The number of aromatic hydroxyl groups is 2. The van der Waals surface area contributed by atoms with E-state index in [0.717, 1.165) is 0 Å². The molecule has 0 saturated carbocycles. The number of primary amides is 1. The molecule has 0 radical (unpaired) electrons. The largest absolute Gasteiger partial charge is 0.508 e. The van der Waals surface area contributed by atoms with Gasteiger partial charge in [-0.1, -0.05) is 0 Å². The van der Waals surface area contributed by atoms with Gasteiger partial charge in [0.2, 0.25) is 5.91 Å². The number of aliphatic hydroxyl groups excluding tert-OH is 2. The van der Waals surface area contributed by atoms with Gasteiger partial charge < -0.3 is 26.2 Å². The molecule has 0 aliphatic rings. The minimum Gasteiger partial charge on any atom is -0.508 e. The van der Waals surface area contributed by atoms with Crippen LogP contribution in [0.25, 0.3) is 0 Å². The maximum Gasteiger partial charge on any atom is 0.249 e. The molecule has 6 nitrogen and oxygen atoms in total. The fourth-order valence-corrected chi connectivity index (χ4v) is 1.27. The molecular weight excluding hydrogens is 214 g/mol. The lowest BCUT2D eigenvalue weighted by Crippen LogP contribution is -2.33. The maximum atomic E-state index is 10.7. The highest BCUT2D eigenvalue weighted by Gasteiger charge is 2.26. The number of amides is 1. The summed E-state index contributed by atoms with van der Waals surface area (Å²) in [6.45, 7) is 1.43. The van der Waals surface area contributed by atoms with Gasteiger partial charge in [0.1, 0.15) is 17.6 Å². The van der Waals surface area contributed by atoms with Crippen molar-refractivity contribution in [3.63, 3.8) is 0 Å². The number of carbonyl (C=O) groups is 1. The molecule has 88 valence electrons. The summed E-state index contributed by atoms with van der Waals surface area (Å²) in [6, 6.07) is 2.44. The molecule has 2 unspecified atom stereocenters. The van der Waals surface area contributed by atoms with E-state index in [2.05, 4.69) is 0 Å². The summed E-state index contributed by atoms with van der Waals surface area (Å²) in [6.07, 6.45) is -3.44.